The van der Waals surface area contributed by atoms with Gasteiger partial charge in [-0.3, -0.25) is 4.90 Å². The minimum absolute atomic E-state index is 0.0120. The van der Waals surface area contributed by atoms with E-state index in [0.717, 1.165) is 61.4 Å². The van der Waals surface area contributed by atoms with E-state index in [1.54, 1.807) is 14.2 Å². The van der Waals surface area contributed by atoms with E-state index in [1.807, 2.05) is 18.2 Å². The summed E-state index contributed by atoms with van der Waals surface area (Å²) in [5.41, 5.74) is 6.35. The second-order valence-corrected chi connectivity index (χ2v) is 10.5. The van der Waals surface area contributed by atoms with Crippen molar-refractivity contribution in [3.63, 3.8) is 0 Å². The molecular weight excluding hydrogens is 424 g/mol. The van der Waals surface area contributed by atoms with Crippen LogP contribution in [-0.2, 0) is 12.0 Å². The van der Waals surface area contributed by atoms with Crippen LogP contribution in [0.1, 0.15) is 43.0 Å². The normalized spacial score (nSPS) is 30.0. The van der Waals surface area contributed by atoms with Crippen LogP contribution < -0.4 is 9.47 Å². The van der Waals surface area contributed by atoms with E-state index in [0.29, 0.717) is 11.8 Å². The molecule has 0 spiro atoms. The van der Waals surface area contributed by atoms with Crippen molar-refractivity contribution >= 4 is 17.0 Å². The van der Waals surface area contributed by atoms with E-state index >= 15 is 0 Å². The number of hydrogen-bond donors (Lipinski definition) is 2. The number of methoxy groups -OCH3 is 2. The fourth-order valence-electron chi connectivity index (χ4n) is 6.90. The van der Waals surface area contributed by atoms with Crippen LogP contribution in [-0.4, -0.2) is 48.4 Å². The average Bonchev–Trinajstić information content (AvgIpc) is 3.23. The van der Waals surface area contributed by atoms with Crippen LogP contribution in [0.15, 0.2) is 48.0 Å². The standard InChI is InChI=1S/C29H34N2O3/c1-29-16-20-15-25(32)19(12-18-8-9-26(33-2)27(13-18)34-3)14-21(20)17-31(29)11-10-23-22-6-4-5-7-24(22)30-28(23)29/h4-9,12-13,20-21,25,30,32H,10-11,14-17H2,1-3H3/t20?,21?,25-,29-/m0/s1. The number of nitrogens with zero attached hydrogens (tertiary/aromatic N) is 1. The van der Waals surface area contributed by atoms with E-state index in [2.05, 4.69) is 47.1 Å². The van der Waals surface area contributed by atoms with Crippen LogP contribution in [0.4, 0.5) is 0 Å². The molecule has 4 atom stereocenters. The third kappa shape index (κ3) is 3.37. The van der Waals surface area contributed by atoms with Crippen LogP contribution in [0.25, 0.3) is 17.0 Å². The van der Waals surface area contributed by atoms with Crippen molar-refractivity contribution in [3.05, 3.63) is 64.9 Å². The van der Waals surface area contributed by atoms with Gasteiger partial charge in [0, 0.05) is 29.7 Å². The highest BCUT2D eigenvalue weighted by Crippen LogP contribution is 2.51. The summed E-state index contributed by atoms with van der Waals surface area (Å²) in [6.07, 6.45) is 5.74. The molecule has 1 saturated carbocycles. The summed E-state index contributed by atoms with van der Waals surface area (Å²) in [4.78, 5) is 6.49. The zero-order valence-electron chi connectivity index (χ0n) is 20.3. The van der Waals surface area contributed by atoms with Gasteiger partial charge in [0.15, 0.2) is 11.5 Å². The van der Waals surface area contributed by atoms with Gasteiger partial charge in [-0.15, -0.1) is 0 Å². The van der Waals surface area contributed by atoms with Crippen molar-refractivity contribution in [2.24, 2.45) is 11.8 Å². The Hall–Kier alpha value is -2.76. The molecule has 3 aromatic rings. The van der Waals surface area contributed by atoms with Crippen LogP contribution in [0.5, 0.6) is 11.5 Å². The van der Waals surface area contributed by atoms with Gasteiger partial charge in [-0.05, 0) is 79.3 Å². The average molecular weight is 459 g/mol. The maximum absolute atomic E-state index is 11.1. The number of rotatable bonds is 3. The largest absolute Gasteiger partial charge is 0.493 e. The highest BCUT2D eigenvalue weighted by molar-refractivity contribution is 5.85. The first kappa shape index (κ1) is 21.8. The van der Waals surface area contributed by atoms with Gasteiger partial charge in [0.05, 0.1) is 25.9 Å². The van der Waals surface area contributed by atoms with Gasteiger partial charge >= 0.3 is 0 Å². The fraction of sp³-hybridized carbons (Fsp3) is 0.448. The molecule has 5 nitrogen and oxygen atoms in total. The monoisotopic (exact) mass is 458 g/mol. The molecule has 178 valence electrons. The van der Waals surface area contributed by atoms with Crippen LogP contribution >= 0.6 is 0 Å². The summed E-state index contributed by atoms with van der Waals surface area (Å²) in [6.45, 7) is 4.61. The maximum Gasteiger partial charge on any atom is 0.161 e. The predicted octanol–water partition coefficient (Wildman–Crippen LogP) is 5.13. The number of piperidine rings is 1. The Bertz CT molecular complexity index is 1260. The van der Waals surface area contributed by atoms with E-state index < -0.39 is 6.10 Å². The Morgan fingerprint density at radius 3 is 2.74 bits per heavy atom. The molecule has 6 rings (SSSR count). The molecule has 1 saturated heterocycles. The first-order chi connectivity index (χ1) is 16.5. The number of fused-ring (bicyclic) bond motifs is 6. The summed E-state index contributed by atoms with van der Waals surface area (Å²) in [6, 6.07) is 14.7. The van der Waals surface area contributed by atoms with E-state index in [4.69, 9.17) is 9.47 Å². The molecule has 3 heterocycles. The minimum Gasteiger partial charge on any atom is -0.493 e. The highest BCUT2D eigenvalue weighted by atomic mass is 16.5. The molecule has 2 aromatic carbocycles. The van der Waals surface area contributed by atoms with Crippen molar-refractivity contribution in [2.45, 2.75) is 44.2 Å². The summed E-state index contributed by atoms with van der Waals surface area (Å²) in [7, 11) is 3.31. The first-order valence-corrected chi connectivity index (χ1v) is 12.5. The first-order valence-electron chi connectivity index (χ1n) is 12.5. The number of aromatic amines is 1. The maximum atomic E-state index is 11.1. The Morgan fingerprint density at radius 2 is 1.91 bits per heavy atom. The molecule has 3 aliphatic rings. The van der Waals surface area contributed by atoms with Gasteiger partial charge in [0.1, 0.15) is 0 Å². The third-order valence-electron chi connectivity index (χ3n) is 8.67. The van der Waals surface area contributed by atoms with Gasteiger partial charge in [0.2, 0.25) is 0 Å². The number of aliphatic hydroxyl groups excluding tert-OH is 1. The van der Waals surface area contributed by atoms with Gasteiger partial charge in [0.25, 0.3) is 0 Å². The zero-order chi connectivity index (χ0) is 23.4. The lowest BCUT2D eigenvalue weighted by Crippen LogP contribution is -2.57. The van der Waals surface area contributed by atoms with E-state index in [1.165, 1.54) is 22.2 Å². The Balaban J connectivity index is 1.27. The third-order valence-corrected chi connectivity index (χ3v) is 8.67. The van der Waals surface area contributed by atoms with Crippen LogP contribution in [0.3, 0.4) is 0 Å². The molecule has 5 heteroatoms. The van der Waals surface area contributed by atoms with Crippen LogP contribution in [0.2, 0.25) is 0 Å². The molecule has 2 unspecified atom stereocenters. The van der Waals surface area contributed by atoms with Crippen molar-refractivity contribution < 1.29 is 14.6 Å². The van der Waals surface area contributed by atoms with Crippen molar-refractivity contribution in [1.29, 1.82) is 0 Å². The topological polar surface area (TPSA) is 57.7 Å². The molecule has 2 N–H and O–H groups in total. The molecule has 1 aliphatic carbocycles. The second kappa shape index (κ2) is 8.17. The predicted molar refractivity (Wildman–Crippen MR) is 135 cm³/mol. The number of ether oxygens (including phenoxy) is 2. The number of aromatic nitrogens is 1. The molecule has 0 radical (unpaired) electrons. The summed E-state index contributed by atoms with van der Waals surface area (Å²) >= 11 is 0. The number of aliphatic hydroxyl groups is 1. The van der Waals surface area contributed by atoms with Crippen molar-refractivity contribution in [2.75, 3.05) is 27.3 Å². The van der Waals surface area contributed by atoms with E-state index in [-0.39, 0.29) is 5.54 Å². The summed E-state index contributed by atoms with van der Waals surface area (Å²) in [5, 5.41) is 12.5. The fourth-order valence-corrected chi connectivity index (χ4v) is 6.90. The molecule has 2 fully saturated rings. The van der Waals surface area contributed by atoms with Gasteiger partial charge < -0.3 is 19.6 Å². The summed E-state index contributed by atoms with van der Waals surface area (Å²) < 4.78 is 10.8. The molecule has 2 aliphatic heterocycles. The lowest BCUT2D eigenvalue weighted by molar-refractivity contribution is -0.0402. The molecule has 0 bridgehead atoms. The number of nitrogens with one attached hydrogen (secondary N) is 1. The quantitative estimate of drug-likeness (QED) is 0.571. The highest BCUT2D eigenvalue weighted by Gasteiger charge is 2.49. The lowest BCUT2D eigenvalue weighted by Gasteiger charge is -2.55. The molecule has 34 heavy (non-hydrogen) atoms. The lowest BCUT2D eigenvalue weighted by atomic mass is 9.64. The van der Waals surface area contributed by atoms with Gasteiger partial charge in [-0.25, -0.2) is 0 Å². The van der Waals surface area contributed by atoms with Gasteiger partial charge in [-0.1, -0.05) is 30.3 Å². The van der Waals surface area contributed by atoms with Crippen LogP contribution in [0, 0.1) is 11.8 Å². The Labute approximate surface area is 201 Å². The van der Waals surface area contributed by atoms with Crippen molar-refractivity contribution in [1.82, 2.24) is 9.88 Å². The van der Waals surface area contributed by atoms with Gasteiger partial charge in [-0.2, -0.15) is 0 Å². The smallest absolute Gasteiger partial charge is 0.161 e. The summed E-state index contributed by atoms with van der Waals surface area (Å²) in [5.74, 6) is 2.54. The number of benzene rings is 2. The van der Waals surface area contributed by atoms with Crippen molar-refractivity contribution in [3.8, 4) is 11.5 Å². The Kier molecular flexibility index (Phi) is 5.23. The molecule has 1 aromatic heterocycles. The minimum atomic E-state index is -0.393. The zero-order valence-corrected chi connectivity index (χ0v) is 20.3. The second-order valence-electron chi connectivity index (χ2n) is 10.5. The SMILES string of the molecule is COc1ccc(C=C2CC3CN4CCc5c([nH]c6ccccc56)[C@]4(C)CC3C[C@@H]2O)cc1OC. The molecule has 0 amide bonds. The number of para-hydroxylation sites is 1. The van der Waals surface area contributed by atoms with E-state index in [9.17, 15) is 5.11 Å². The Morgan fingerprint density at radius 1 is 1.09 bits per heavy atom. The number of H-pyrrole nitrogens is 1. The number of hydrogen-bond acceptors (Lipinski definition) is 4. The molecular formula is C29H34N2O3.